The van der Waals surface area contributed by atoms with Crippen LogP contribution in [0.3, 0.4) is 0 Å². The summed E-state index contributed by atoms with van der Waals surface area (Å²) in [4.78, 5) is 13.6. The number of pyridine rings is 2. The summed E-state index contributed by atoms with van der Waals surface area (Å²) in [5.41, 5.74) is 9.15. The molecule has 324 valence electrons. The van der Waals surface area contributed by atoms with Crippen molar-refractivity contribution in [1.29, 1.82) is 0 Å². The molecule has 0 spiro atoms. The molecule has 0 saturated carbocycles. The van der Waals surface area contributed by atoms with Crippen molar-refractivity contribution in [3.63, 3.8) is 0 Å². The van der Waals surface area contributed by atoms with Crippen LogP contribution in [0.5, 0.6) is 11.6 Å². The van der Waals surface area contributed by atoms with Gasteiger partial charge >= 0.3 is 0 Å². The minimum Gasteiger partial charge on any atom is -0.503 e. The van der Waals surface area contributed by atoms with Crippen LogP contribution in [0.1, 0.15) is 42.9 Å². The molecule has 0 fully saturated rings. The van der Waals surface area contributed by atoms with Gasteiger partial charge in [-0.25, -0.2) is 4.98 Å². The van der Waals surface area contributed by atoms with Crippen LogP contribution in [0.2, 0.25) is 0 Å². The number of fused-ring (bicyclic) bond motifs is 4. The summed E-state index contributed by atoms with van der Waals surface area (Å²) in [7, 11) is 4.24. The van der Waals surface area contributed by atoms with E-state index in [9.17, 15) is 0 Å². The summed E-state index contributed by atoms with van der Waals surface area (Å²) >= 11 is 0. The number of allylic oxidation sites excluding steroid dienone is 8. The molecule has 4 aromatic carbocycles. The van der Waals surface area contributed by atoms with Crippen molar-refractivity contribution in [1.82, 2.24) is 25.2 Å². The zero-order valence-electron chi connectivity index (χ0n) is 40.4. The summed E-state index contributed by atoms with van der Waals surface area (Å²) in [6.07, 6.45) is 27.1. The van der Waals surface area contributed by atoms with E-state index in [1.807, 2.05) is 104 Å². The second-order valence-electron chi connectivity index (χ2n) is 16.3. The van der Waals surface area contributed by atoms with Gasteiger partial charge in [0.05, 0.1) is 5.48 Å². The van der Waals surface area contributed by atoms with Gasteiger partial charge in [0.15, 0.2) is 14.6 Å². The monoisotopic (exact) mass is 1040 g/mol. The maximum atomic E-state index is 9.04. The smallest absolute Gasteiger partial charge is 0.182 e. The van der Waals surface area contributed by atoms with Crippen molar-refractivity contribution in [2.75, 3.05) is 9.80 Å². The van der Waals surface area contributed by atoms with Crippen LogP contribution in [0.25, 0.3) is 38.6 Å². The molecule has 0 bridgehead atoms. The van der Waals surface area contributed by atoms with Gasteiger partial charge in [0.1, 0.15) is 11.7 Å². The van der Waals surface area contributed by atoms with Gasteiger partial charge in [0.25, 0.3) is 0 Å². The predicted molar refractivity (Wildman–Crippen MR) is 269 cm³/mol. The Labute approximate surface area is 408 Å². The van der Waals surface area contributed by atoms with E-state index in [0.717, 1.165) is 44.7 Å². The molecule has 6 heterocycles. The minimum atomic E-state index is -0.328. The average molecular weight is 1040 g/mol. The molecule has 3 aliphatic rings. The molecule has 2 radical (unpaired) electrons. The molecule has 10 rings (SSSR count). The van der Waals surface area contributed by atoms with Crippen LogP contribution in [0.4, 0.5) is 22.7 Å². The molecule has 0 unspecified atom stereocenters. The summed E-state index contributed by atoms with van der Waals surface area (Å²) in [5, 5.41) is 7.34. The fourth-order valence-corrected chi connectivity index (χ4v) is 7.99. The molecular formula is C55H44B2N7OPt-3. The van der Waals surface area contributed by atoms with E-state index >= 15 is 0 Å². The number of ether oxygens (including phenoxy) is 1. The number of rotatable bonds is 7. The van der Waals surface area contributed by atoms with Gasteiger partial charge in [-0.2, -0.15) is 23.9 Å². The maximum absolute atomic E-state index is 9.04. The molecule has 0 atom stereocenters. The van der Waals surface area contributed by atoms with Gasteiger partial charge in [-0.3, -0.25) is 4.98 Å². The molecule has 0 amide bonds. The number of anilines is 4. The van der Waals surface area contributed by atoms with Crippen molar-refractivity contribution in [3.05, 3.63) is 230 Å². The molecule has 66 heavy (non-hydrogen) atoms. The number of hydrogen-bond donors (Lipinski definition) is 2. The first-order valence-corrected chi connectivity index (χ1v) is 21.3. The topological polar surface area (TPSA) is 70.5 Å². The van der Waals surface area contributed by atoms with Crippen molar-refractivity contribution in [3.8, 4) is 17.4 Å². The van der Waals surface area contributed by atoms with Crippen LogP contribution in [0, 0.1) is 18.8 Å². The molecule has 0 aliphatic carbocycles. The average Bonchev–Trinajstić information content (AvgIpc) is 3.92. The number of para-hydroxylation sites is 4. The molecule has 7 aromatic rings. The molecular weight excluding hydrogens is 991 g/mol. The summed E-state index contributed by atoms with van der Waals surface area (Å²) < 4.78 is 43.4. The van der Waals surface area contributed by atoms with Crippen molar-refractivity contribution >= 4 is 70.1 Å². The normalized spacial score (nSPS) is 20.0. The summed E-state index contributed by atoms with van der Waals surface area (Å²) in [6, 6.07) is 29.8. The van der Waals surface area contributed by atoms with Gasteiger partial charge < -0.3 is 29.7 Å². The minimum absolute atomic E-state index is 0. The fourth-order valence-electron chi connectivity index (χ4n) is 7.99. The van der Waals surface area contributed by atoms with Gasteiger partial charge in [0, 0.05) is 80.4 Å². The SMILES string of the molecule is [2H]c1c([2H])c([2H])c2c(c1[2H])c1ccc(Oc3[c-]c(N4[CH-]N(c5c(/C6=C/C=C\N/C=C\C=C/[B]6)cccc5/C5=C/C=C\N/C=C\C=C/[B]5)c5ccccc54)ccn3)[c-]c1n2-c1cc(C(C)(C)C)ccn1.[Pt]. The Bertz CT molecular complexity index is 3360. The Balaban J connectivity index is 0.00000608. The quantitative estimate of drug-likeness (QED) is 0.122. The van der Waals surface area contributed by atoms with Gasteiger partial charge in [0.2, 0.25) is 0 Å². The molecule has 3 aromatic heterocycles. The largest absolute Gasteiger partial charge is 0.503 e. The summed E-state index contributed by atoms with van der Waals surface area (Å²) in [6.45, 7) is 8.40. The Hall–Kier alpha value is -7.28. The van der Waals surface area contributed by atoms with Crippen LogP contribution in [-0.4, -0.2) is 29.1 Å². The van der Waals surface area contributed by atoms with E-state index in [0.29, 0.717) is 39.1 Å². The number of hydrogen-bond acceptors (Lipinski definition) is 7. The standard InChI is InChI=1S/C55H44B2N7O.Pt/c1-55(2,3)39-25-33-60-52(35-39)64-48-20-5-4-15-42(48)43-24-23-41(37-51(43)64)65-53-36-40(26-34-61-53)62-38-63(50-22-7-6-21-49(50)62)54-44(46-18-13-31-58-29-10-8-27-56-46)16-12-17-45(54)47-19-14-32-59-30-11-9-28-57-47;/h4-35,38,58-59H,1-3H3;/q-3;/b27-8-,28-9-,29-10-,30-11-,31-13-,32-14-,46-18-,47-19-;/i4D,5D,15D,20D;. The Morgan fingerprint density at radius 1 is 0.697 bits per heavy atom. The second-order valence-corrected chi connectivity index (χ2v) is 16.3. The molecule has 3 aliphatic heterocycles. The molecule has 2 N–H and O–H groups in total. The number of benzene rings is 4. The van der Waals surface area contributed by atoms with Crippen LogP contribution in [0.15, 0.2) is 195 Å². The van der Waals surface area contributed by atoms with E-state index in [2.05, 4.69) is 122 Å². The van der Waals surface area contributed by atoms with E-state index in [4.69, 9.17) is 15.2 Å². The molecule has 0 saturated heterocycles. The van der Waals surface area contributed by atoms with Gasteiger partial charge in [-0.15, -0.1) is 36.1 Å². The fraction of sp³-hybridized carbons (Fsp3) is 0.0727. The maximum Gasteiger partial charge on any atom is 0.182 e. The first kappa shape index (κ1) is 39.1. The Morgan fingerprint density at radius 2 is 1.36 bits per heavy atom. The van der Waals surface area contributed by atoms with Crippen LogP contribution in [-0.2, 0) is 26.5 Å². The third-order valence-corrected chi connectivity index (χ3v) is 11.1. The van der Waals surface area contributed by atoms with E-state index < -0.39 is 0 Å². The zero-order chi connectivity index (χ0) is 47.6. The number of nitrogens with zero attached hydrogens (tertiary/aromatic N) is 5. The third kappa shape index (κ3) is 9.02. The first-order valence-electron chi connectivity index (χ1n) is 23.3. The third-order valence-electron chi connectivity index (χ3n) is 11.1. The van der Waals surface area contributed by atoms with E-state index in [1.54, 1.807) is 29.1 Å². The summed E-state index contributed by atoms with van der Waals surface area (Å²) in [5.74, 6) is 5.08. The van der Waals surface area contributed by atoms with Crippen LogP contribution >= 0.6 is 0 Å². The Morgan fingerprint density at radius 3 is 2.08 bits per heavy atom. The van der Waals surface area contributed by atoms with Crippen LogP contribution < -0.4 is 25.2 Å². The van der Waals surface area contributed by atoms with Crippen molar-refractivity contribution < 1.29 is 31.3 Å². The number of nitrogens with one attached hydrogen (secondary N) is 2. The predicted octanol–water partition coefficient (Wildman–Crippen LogP) is 12.0. The number of aromatic nitrogens is 3. The molecule has 11 heteroatoms. The van der Waals surface area contributed by atoms with E-state index in [-0.39, 0.29) is 56.5 Å². The van der Waals surface area contributed by atoms with Crippen molar-refractivity contribution in [2.24, 2.45) is 0 Å². The van der Waals surface area contributed by atoms with E-state index in [1.165, 1.54) is 0 Å². The zero-order valence-corrected chi connectivity index (χ0v) is 38.6. The second kappa shape index (κ2) is 19.4. The molecule has 8 nitrogen and oxygen atoms in total. The van der Waals surface area contributed by atoms with Crippen molar-refractivity contribution in [2.45, 2.75) is 26.2 Å². The van der Waals surface area contributed by atoms with Gasteiger partial charge in [-0.1, -0.05) is 110 Å². The first-order chi connectivity index (χ1) is 33.6. The van der Waals surface area contributed by atoms with Gasteiger partial charge in [-0.05, 0) is 88.3 Å². The Kier molecular flexibility index (Phi) is 11.5.